The van der Waals surface area contributed by atoms with Gasteiger partial charge in [-0.3, -0.25) is 19.3 Å². The van der Waals surface area contributed by atoms with Gasteiger partial charge in [-0.05, 0) is 80.9 Å². The summed E-state index contributed by atoms with van der Waals surface area (Å²) in [5.74, 6) is -3.48. The highest BCUT2D eigenvalue weighted by atomic mass is 32.1. The van der Waals surface area contributed by atoms with E-state index in [0.717, 1.165) is 17.3 Å². The summed E-state index contributed by atoms with van der Waals surface area (Å²) in [4.78, 5) is 64.1. The fourth-order valence-corrected chi connectivity index (χ4v) is 4.89. The minimum Gasteiger partial charge on any atom is -0.493 e. The molecule has 14 nitrogen and oxygen atoms in total. The lowest BCUT2D eigenvalue weighted by Gasteiger charge is -2.31. The topological polar surface area (TPSA) is 177 Å². The largest absolute Gasteiger partial charge is 0.493 e. The maximum atomic E-state index is 13.1. The van der Waals surface area contributed by atoms with Gasteiger partial charge in [0.15, 0.2) is 29.1 Å². The van der Waals surface area contributed by atoms with Crippen LogP contribution in [0.5, 0.6) is 11.5 Å². The van der Waals surface area contributed by atoms with Crippen molar-refractivity contribution in [3.05, 3.63) is 64.4 Å². The Kier molecular flexibility index (Phi) is 10.1. The molecule has 1 saturated heterocycles. The Morgan fingerprint density at radius 3 is 2.49 bits per heavy atom. The standard InChI is InChI=1S/C30H32N6O8S/c1-6-43-28(40)24-17(4)32-29(41)33-25(24)18-8-10-21(22(12-18)42-5)44-14-23(37)35-31-13-20-26(38)34-30(45)36(27(20)39)19-9-7-15(2)16(3)11-19/h7-13,20,25H,6,14H2,1-5H3,(H,35,37)(H2,32,33,41)(H,34,38,45)/b31-13+/t20-,25+/m1/s1. The molecule has 0 bridgehead atoms. The zero-order valence-corrected chi connectivity index (χ0v) is 26.0. The third kappa shape index (κ3) is 7.26. The number of urea groups is 1. The molecule has 2 heterocycles. The second kappa shape index (κ2) is 14.0. The minimum absolute atomic E-state index is 0.0545. The molecule has 5 amide bonds. The van der Waals surface area contributed by atoms with E-state index in [2.05, 4.69) is 26.5 Å². The number of carbonyl (C=O) groups is 5. The Bertz CT molecular complexity index is 1640. The molecule has 2 aromatic carbocycles. The molecule has 236 valence electrons. The lowest BCUT2D eigenvalue weighted by molar-refractivity contribution is -0.139. The van der Waals surface area contributed by atoms with Crippen LogP contribution in [-0.2, 0) is 23.9 Å². The molecule has 0 unspecified atom stereocenters. The van der Waals surface area contributed by atoms with Crippen molar-refractivity contribution >= 4 is 59.0 Å². The number of allylic oxidation sites excluding steroid dienone is 1. The molecule has 4 rings (SSSR count). The first-order valence-corrected chi connectivity index (χ1v) is 14.2. The number of nitrogens with one attached hydrogen (secondary N) is 4. The molecule has 45 heavy (non-hydrogen) atoms. The van der Waals surface area contributed by atoms with Gasteiger partial charge in [0.25, 0.3) is 11.8 Å². The molecule has 0 saturated carbocycles. The molecule has 0 radical (unpaired) electrons. The molecule has 0 aromatic heterocycles. The Hall–Kier alpha value is -5.31. The second-order valence-corrected chi connectivity index (χ2v) is 10.4. The number of hydrogen-bond acceptors (Lipinski definition) is 10. The lowest BCUT2D eigenvalue weighted by atomic mass is 9.95. The van der Waals surface area contributed by atoms with Gasteiger partial charge in [-0.25, -0.2) is 15.0 Å². The minimum atomic E-state index is -1.33. The lowest BCUT2D eigenvalue weighted by Crippen LogP contribution is -2.58. The molecular weight excluding hydrogens is 604 g/mol. The number of thiocarbonyl (C=S) groups is 1. The van der Waals surface area contributed by atoms with Crippen molar-refractivity contribution in [2.24, 2.45) is 11.0 Å². The van der Waals surface area contributed by atoms with E-state index in [4.69, 9.17) is 26.4 Å². The second-order valence-electron chi connectivity index (χ2n) is 10.0. The summed E-state index contributed by atoms with van der Waals surface area (Å²) in [6.07, 6.45) is 1.02. The highest BCUT2D eigenvalue weighted by Crippen LogP contribution is 2.34. The fourth-order valence-electron chi connectivity index (χ4n) is 4.60. The van der Waals surface area contributed by atoms with E-state index in [1.807, 2.05) is 19.9 Å². The highest BCUT2D eigenvalue weighted by Gasteiger charge is 2.38. The van der Waals surface area contributed by atoms with Crippen LogP contribution in [0.1, 0.15) is 36.6 Å². The molecule has 0 spiro atoms. The Morgan fingerprint density at radius 1 is 1.04 bits per heavy atom. The van der Waals surface area contributed by atoms with Gasteiger partial charge in [-0.1, -0.05) is 12.1 Å². The van der Waals surface area contributed by atoms with Gasteiger partial charge in [0.05, 0.1) is 31.0 Å². The molecule has 2 aliphatic rings. The van der Waals surface area contributed by atoms with Gasteiger partial charge in [-0.15, -0.1) is 0 Å². The number of hydrazone groups is 1. The summed E-state index contributed by atoms with van der Waals surface area (Å²) in [6, 6.07) is 8.72. The third-order valence-electron chi connectivity index (χ3n) is 7.01. The first-order chi connectivity index (χ1) is 21.4. The Morgan fingerprint density at radius 2 is 1.80 bits per heavy atom. The number of anilines is 1. The number of methoxy groups -OCH3 is 1. The van der Waals surface area contributed by atoms with Crippen LogP contribution in [0.4, 0.5) is 10.5 Å². The van der Waals surface area contributed by atoms with E-state index in [1.165, 1.54) is 18.1 Å². The van der Waals surface area contributed by atoms with Crippen molar-refractivity contribution in [1.29, 1.82) is 0 Å². The van der Waals surface area contributed by atoms with Gasteiger partial charge >= 0.3 is 12.0 Å². The summed E-state index contributed by atoms with van der Waals surface area (Å²) in [6.45, 7) is 6.76. The number of aryl methyl sites for hydroxylation is 2. The quantitative estimate of drug-likeness (QED) is 0.1000. The van der Waals surface area contributed by atoms with Crippen LogP contribution in [0.2, 0.25) is 0 Å². The summed E-state index contributed by atoms with van der Waals surface area (Å²) in [7, 11) is 1.39. The van der Waals surface area contributed by atoms with Crippen molar-refractivity contribution in [2.45, 2.75) is 33.7 Å². The number of nitrogens with zero attached hydrogens (tertiary/aromatic N) is 2. The summed E-state index contributed by atoms with van der Waals surface area (Å²) < 4.78 is 16.2. The zero-order chi connectivity index (χ0) is 32.8. The SMILES string of the molecule is CCOC(=O)C1=C(C)NC(=O)N[C@H]1c1ccc(OCC(=O)N/N=C/[C@@H]2C(=O)NC(=S)N(c3ccc(C)c(C)c3)C2=O)c(OC)c1. The van der Waals surface area contributed by atoms with Crippen LogP contribution in [0, 0.1) is 19.8 Å². The van der Waals surface area contributed by atoms with Crippen molar-refractivity contribution in [2.75, 3.05) is 25.2 Å². The molecular formula is C30H32N6O8S. The summed E-state index contributed by atoms with van der Waals surface area (Å²) in [5, 5.41) is 11.5. The van der Waals surface area contributed by atoms with E-state index in [9.17, 15) is 24.0 Å². The Balaban J connectivity index is 1.41. The van der Waals surface area contributed by atoms with Gasteiger partial charge < -0.3 is 30.2 Å². The highest BCUT2D eigenvalue weighted by molar-refractivity contribution is 7.80. The normalized spacial score (nSPS) is 18.3. The molecule has 2 aliphatic heterocycles. The van der Waals surface area contributed by atoms with Crippen molar-refractivity contribution in [3.8, 4) is 11.5 Å². The number of ether oxygens (including phenoxy) is 3. The van der Waals surface area contributed by atoms with Crippen LogP contribution >= 0.6 is 12.2 Å². The summed E-state index contributed by atoms with van der Waals surface area (Å²) in [5.41, 5.74) is 5.79. The predicted octanol–water partition coefficient (Wildman–Crippen LogP) is 2.05. The molecule has 1 fully saturated rings. The number of amides is 5. The van der Waals surface area contributed by atoms with Crippen LogP contribution in [-0.4, -0.2) is 61.4 Å². The number of benzene rings is 2. The van der Waals surface area contributed by atoms with Crippen molar-refractivity contribution in [1.82, 2.24) is 21.4 Å². The molecule has 4 N–H and O–H groups in total. The predicted molar refractivity (Wildman–Crippen MR) is 166 cm³/mol. The average Bonchev–Trinajstić information content (AvgIpc) is 2.99. The third-order valence-corrected chi connectivity index (χ3v) is 7.29. The summed E-state index contributed by atoms with van der Waals surface area (Å²) >= 11 is 5.22. The maximum Gasteiger partial charge on any atom is 0.338 e. The first-order valence-electron chi connectivity index (χ1n) is 13.8. The van der Waals surface area contributed by atoms with E-state index < -0.39 is 48.3 Å². The number of esters is 1. The smallest absolute Gasteiger partial charge is 0.338 e. The van der Waals surface area contributed by atoms with E-state index in [-0.39, 0.29) is 28.8 Å². The first kappa shape index (κ1) is 32.6. The van der Waals surface area contributed by atoms with E-state index in [0.29, 0.717) is 16.9 Å². The zero-order valence-electron chi connectivity index (χ0n) is 25.2. The van der Waals surface area contributed by atoms with E-state index in [1.54, 1.807) is 38.1 Å². The average molecular weight is 637 g/mol. The van der Waals surface area contributed by atoms with Gasteiger partial charge in [-0.2, -0.15) is 5.10 Å². The molecule has 2 aromatic rings. The van der Waals surface area contributed by atoms with Gasteiger partial charge in [0, 0.05) is 11.9 Å². The van der Waals surface area contributed by atoms with E-state index >= 15 is 0 Å². The monoisotopic (exact) mass is 636 g/mol. The number of carbonyl (C=O) groups excluding carboxylic acids is 5. The Labute approximate surface area is 264 Å². The van der Waals surface area contributed by atoms with Crippen molar-refractivity contribution in [3.63, 3.8) is 0 Å². The van der Waals surface area contributed by atoms with Gasteiger partial charge in [0.1, 0.15) is 0 Å². The maximum absolute atomic E-state index is 13.1. The fraction of sp³-hybridized carbons (Fsp3) is 0.300. The molecule has 15 heteroatoms. The van der Waals surface area contributed by atoms with Gasteiger partial charge in [0.2, 0.25) is 5.91 Å². The molecule has 0 aliphatic carbocycles. The van der Waals surface area contributed by atoms with Crippen LogP contribution in [0.3, 0.4) is 0 Å². The number of hydrogen-bond donors (Lipinski definition) is 4. The number of rotatable bonds is 10. The van der Waals surface area contributed by atoms with Crippen LogP contribution in [0.25, 0.3) is 0 Å². The van der Waals surface area contributed by atoms with Crippen molar-refractivity contribution < 1.29 is 38.2 Å². The molecule has 2 atom stereocenters. The van der Waals surface area contributed by atoms with Crippen LogP contribution in [0.15, 0.2) is 52.8 Å². The van der Waals surface area contributed by atoms with Crippen LogP contribution < -0.4 is 35.7 Å².